The summed E-state index contributed by atoms with van der Waals surface area (Å²) in [6, 6.07) is 1.23. The predicted molar refractivity (Wildman–Crippen MR) is 78.2 cm³/mol. The molecule has 2 aliphatic heterocycles. The fourth-order valence-electron chi connectivity index (χ4n) is 3.40. The van der Waals surface area contributed by atoms with Crippen molar-refractivity contribution in [3.63, 3.8) is 0 Å². The van der Waals surface area contributed by atoms with E-state index in [-0.39, 0.29) is 18.4 Å². The first-order chi connectivity index (χ1) is 9.49. The average Bonchev–Trinajstić information content (AvgIpc) is 2.74. The molecule has 2 bridgehead atoms. The van der Waals surface area contributed by atoms with Gasteiger partial charge in [-0.15, -0.1) is 0 Å². The van der Waals surface area contributed by atoms with Gasteiger partial charge < -0.3 is 15.1 Å². The van der Waals surface area contributed by atoms with Gasteiger partial charge in [0.2, 0.25) is 11.8 Å². The molecule has 0 aromatic carbocycles. The van der Waals surface area contributed by atoms with Gasteiger partial charge in [-0.05, 0) is 38.5 Å². The fourth-order valence-corrected chi connectivity index (χ4v) is 3.40. The summed E-state index contributed by atoms with van der Waals surface area (Å²) in [6.45, 7) is 2.75. The highest BCUT2D eigenvalue weighted by molar-refractivity contribution is 5.84. The summed E-state index contributed by atoms with van der Waals surface area (Å²) in [6.07, 6.45) is 5.34. The molecule has 0 aromatic heterocycles. The Kier molecular flexibility index (Phi) is 5.02. The number of likely N-dealkylation sites (N-methyl/N-ethyl adjacent to an activating group) is 2. The zero-order valence-electron chi connectivity index (χ0n) is 12.9. The Hall–Kier alpha value is -1.10. The number of fused-ring (bicyclic) bond motifs is 2. The Morgan fingerprint density at radius 1 is 1.10 bits per heavy atom. The van der Waals surface area contributed by atoms with E-state index in [2.05, 4.69) is 5.32 Å². The maximum atomic E-state index is 12.4. The number of nitrogens with one attached hydrogen (secondary N) is 1. The molecule has 5 nitrogen and oxygen atoms in total. The van der Waals surface area contributed by atoms with E-state index < -0.39 is 0 Å². The topological polar surface area (TPSA) is 52.7 Å². The highest BCUT2D eigenvalue weighted by Crippen LogP contribution is 2.32. The van der Waals surface area contributed by atoms with Crippen molar-refractivity contribution in [2.75, 3.05) is 27.2 Å². The first-order valence-corrected chi connectivity index (χ1v) is 7.73. The molecule has 0 radical (unpaired) electrons. The average molecular weight is 281 g/mol. The molecular formula is C15H27N3O2. The Morgan fingerprint density at radius 2 is 1.70 bits per heavy atom. The van der Waals surface area contributed by atoms with Crippen LogP contribution in [-0.2, 0) is 9.59 Å². The lowest BCUT2D eigenvalue weighted by atomic mass is 9.89. The molecule has 1 N–H and O–H groups in total. The third-order valence-corrected chi connectivity index (χ3v) is 4.59. The van der Waals surface area contributed by atoms with E-state index >= 15 is 0 Å². The molecule has 0 spiro atoms. The van der Waals surface area contributed by atoms with Crippen molar-refractivity contribution in [2.45, 2.75) is 51.1 Å². The summed E-state index contributed by atoms with van der Waals surface area (Å²) in [5.74, 6) is 0.615. The zero-order chi connectivity index (χ0) is 14.7. The van der Waals surface area contributed by atoms with Crippen LogP contribution in [0, 0.1) is 5.92 Å². The zero-order valence-corrected chi connectivity index (χ0v) is 12.9. The lowest BCUT2D eigenvalue weighted by molar-refractivity contribution is -0.139. The summed E-state index contributed by atoms with van der Waals surface area (Å²) < 4.78 is 0. The standard InChI is InChI=1S/C15H27N3O2/c1-4-18(10-15(20)17(2)3)14(19)9-11-7-12-5-6-13(8-11)16-12/h11-13,16H,4-10H2,1-3H3. The van der Waals surface area contributed by atoms with E-state index in [4.69, 9.17) is 0 Å². The van der Waals surface area contributed by atoms with Crippen LogP contribution in [0.4, 0.5) is 0 Å². The number of carbonyl (C=O) groups is 2. The van der Waals surface area contributed by atoms with E-state index in [1.165, 1.54) is 12.8 Å². The second kappa shape index (κ2) is 6.57. The Morgan fingerprint density at radius 3 is 2.20 bits per heavy atom. The monoisotopic (exact) mass is 281 g/mol. The van der Waals surface area contributed by atoms with Crippen molar-refractivity contribution in [1.82, 2.24) is 15.1 Å². The predicted octanol–water partition coefficient (Wildman–Crippen LogP) is 0.844. The minimum absolute atomic E-state index is 0.00872. The maximum absolute atomic E-state index is 12.4. The first-order valence-electron chi connectivity index (χ1n) is 7.73. The number of nitrogens with zero attached hydrogens (tertiary/aromatic N) is 2. The fraction of sp³-hybridized carbons (Fsp3) is 0.867. The first kappa shape index (κ1) is 15.3. The van der Waals surface area contributed by atoms with Gasteiger partial charge in [0, 0.05) is 39.1 Å². The Bertz CT molecular complexity index is 358. The second-order valence-electron chi connectivity index (χ2n) is 6.38. The van der Waals surface area contributed by atoms with Crippen molar-refractivity contribution >= 4 is 11.8 Å². The van der Waals surface area contributed by atoms with Gasteiger partial charge in [-0.25, -0.2) is 0 Å². The van der Waals surface area contributed by atoms with Crippen molar-refractivity contribution < 1.29 is 9.59 Å². The van der Waals surface area contributed by atoms with Crippen LogP contribution in [0.1, 0.15) is 39.0 Å². The molecule has 2 fully saturated rings. The van der Waals surface area contributed by atoms with Gasteiger partial charge in [0.05, 0.1) is 6.54 Å². The summed E-state index contributed by atoms with van der Waals surface area (Å²) in [4.78, 5) is 27.3. The minimum Gasteiger partial charge on any atom is -0.347 e. The largest absolute Gasteiger partial charge is 0.347 e. The van der Waals surface area contributed by atoms with Crippen LogP contribution in [0.3, 0.4) is 0 Å². The third-order valence-electron chi connectivity index (χ3n) is 4.59. The minimum atomic E-state index is -0.00872. The Labute approximate surface area is 121 Å². The van der Waals surface area contributed by atoms with Gasteiger partial charge in [0.25, 0.3) is 0 Å². The van der Waals surface area contributed by atoms with Crippen LogP contribution in [0.5, 0.6) is 0 Å². The molecule has 114 valence electrons. The maximum Gasteiger partial charge on any atom is 0.241 e. The van der Waals surface area contributed by atoms with E-state index in [0.717, 1.165) is 12.8 Å². The number of hydrogen-bond donors (Lipinski definition) is 1. The van der Waals surface area contributed by atoms with Crippen LogP contribution in [0.2, 0.25) is 0 Å². The summed E-state index contributed by atoms with van der Waals surface area (Å²) >= 11 is 0. The quantitative estimate of drug-likeness (QED) is 0.812. The molecule has 2 heterocycles. The molecule has 2 unspecified atom stereocenters. The smallest absolute Gasteiger partial charge is 0.241 e. The van der Waals surface area contributed by atoms with Crippen LogP contribution in [0.15, 0.2) is 0 Å². The van der Waals surface area contributed by atoms with Gasteiger partial charge in [-0.1, -0.05) is 0 Å². The number of carbonyl (C=O) groups excluding carboxylic acids is 2. The lowest BCUT2D eigenvalue weighted by Crippen LogP contribution is -2.43. The summed E-state index contributed by atoms with van der Waals surface area (Å²) in [5, 5.41) is 3.60. The Balaban J connectivity index is 1.84. The van der Waals surface area contributed by atoms with E-state index in [9.17, 15) is 9.59 Å². The van der Waals surface area contributed by atoms with Crippen molar-refractivity contribution in [3.8, 4) is 0 Å². The highest BCUT2D eigenvalue weighted by Gasteiger charge is 2.34. The number of rotatable bonds is 5. The molecular weight excluding hydrogens is 254 g/mol. The highest BCUT2D eigenvalue weighted by atomic mass is 16.2. The van der Waals surface area contributed by atoms with Gasteiger partial charge in [-0.3, -0.25) is 9.59 Å². The second-order valence-corrected chi connectivity index (χ2v) is 6.38. The third kappa shape index (κ3) is 3.72. The normalized spacial score (nSPS) is 28.2. The molecule has 2 atom stereocenters. The molecule has 5 heteroatoms. The van der Waals surface area contributed by atoms with E-state index in [1.54, 1.807) is 23.9 Å². The molecule has 20 heavy (non-hydrogen) atoms. The van der Waals surface area contributed by atoms with E-state index in [0.29, 0.717) is 31.0 Å². The van der Waals surface area contributed by atoms with Crippen molar-refractivity contribution in [1.29, 1.82) is 0 Å². The number of amides is 2. The van der Waals surface area contributed by atoms with Crippen LogP contribution in [0.25, 0.3) is 0 Å². The molecule has 0 saturated carbocycles. The molecule has 2 aliphatic rings. The summed E-state index contributed by atoms with van der Waals surface area (Å²) in [5.41, 5.74) is 0. The molecule has 2 rings (SSSR count). The van der Waals surface area contributed by atoms with Crippen molar-refractivity contribution in [3.05, 3.63) is 0 Å². The lowest BCUT2D eigenvalue weighted by Gasteiger charge is -2.30. The SMILES string of the molecule is CCN(CC(=O)N(C)C)C(=O)CC1CC2CCC(C1)N2. The van der Waals surface area contributed by atoms with Crippen LogP contribution < -0.4 is 5.32 Å². The van der Waals surface area contributed by atoms with Gasteiger partial charge in [-0.2, -0.15) is 0 Å². The van der Waals surface area contributed by atoms with Gasteiger partial charge in [0.15, 0.2) is 0 Å². The van der Waals surface area contributed by atoms with Gasteiger partial charge >= 0.3 is 0 Å². The van der Waals surface area contributed by atoms with Crippen molar-refractivity contribution in [2.24, 2.45) is 5.92 Å². The van der Waals surface area contributed by atoms with Crippen LogP contribution >= 0.6 is 0 Å². The van der Waals surface area contributed by atoms with Crippen LogP contribution in [-0.4, -0.2) is 60.9 Å². The number of piperidine rings is 1. The van der Waals surface area contributed by atoms with Gasteiger partial charge in [0.1, 0.15) is 0 Å². The molecule has 0 aliphatic carbocycles. The van der Waals surface area contributed by atoms with E-state index in [1.807, 2.05) is 6.92 Å². The number of hydrogen-bond acceptors (Lipinski definition) is 3. The molecule has 0 aromatic rings. The molecule has 2 saturated heterocycles. The molecule has 2 amide bonds. The summed E-state index contributed by atoms with van der Waals surface area (Å²) in [7, 11) is 3.45.